The molecular weight excluding hydrogens is 369 g/mol. The first-order valence-electron chi connectivity index (χ1n) is 9.14. The maximum Gasteiger partial charge on any atom is 0.363 e. The Labute approximate surface area is 167 Å². The second-order valence-corrected chi connectivity index (χ2v) is 6.64. The van der Waals surface area contributed by atoms with Gasteiger partial charge in [-0.2, -0.15) is 0 Å². The number of esters is 1. The lowest BCUT2D eigenvalue weighted by Gasteiger charge is -2.07. The molecule has 0 unspecified atom stereocenters. The van der Waals surface area contributed by atoms with Crippen LogP contribution in [0.25, 0.3) is 6.08 Å². The summed E-state index contributed by atoms with van der Waals surface area (Å²) in [5, 5.41) is 0. The molecule has 0 bridgehead atoms. The van der Waals surface area contributed by atoms with Gasteiger partial charge in [0.15, 0.2) is 5.70 Å². The molecule has 0 fully saturated rings. The summed E-state index contributed by atoms with van der Waals surface area (Å²) in [7, 11) is 0. The Morgan fingerprint density at radius 2 is 1.83 bits per heavy atom. The van der Waals surface area contributed by atoms with E-state index in [9.17, 15) is 9.18 Å². The molecule has 0 saturated carbocycles. The normalized spacial score (nSPS) is 14.6. The third-order valence-corrected chi connectivity index (χ3v) is 4.48. The standard InChI is InChI=1S/C24H18FNO3/c1-16-5-2-3-8-21(16)23-26-22(24(27)29-23)14-18-6-4-7-20(13-18)28-15-17-9-11-19(25)12-10-17/h2-14H,15H2,1H3/b22-14+. The molecule has 3 aromatic rings. The minimum absolute atomic E-state index is 0.235. The first-order valence-corrected chi connectivity index (χ1v) is 9.14. The number of benzene rings is 3. The quantitative estimate of drug-likeness (QED) is 0.454. The molecule has 0 aliphatic carbocycles. The maximum absolute atomic E-state index is 13.0. The van der Waals surface area contributed by atoms with Gasteiger partial charge in [-0.05, 0) is 60.0 Å². The predicted octanol–water partition coefficient (Wildman–Crippen LogP) is 5.06. The van der Waals surface area contributed by atoms with E-state index in [1.807, 2.05) is 55.5 Å². The molecule has 4 rings (SSSR count). The lowest BCUT2D eigenvalue weighted by atomic mass is 10.1. The Kier molecular flexibility index (Phi) is 5.20. The van der Waals surface area contributed by atoms with Gasteiger partial charge in [-0.15, -0.1) is 0 Å². The van der Waals surface area contributed by atoms with E-state index in [2.05, 4.69) is 4.99 Å². The Morgan fingerprint density at radius 1 is 1.03 bits per heavy atom. The summed E-state index contributed by atoms with van der Waals surface area (Å²) in [5.74, 6) is 0.179. The van der Waals surface area contributed by atoms with Crippen LogP contribution in [-0.2, 0) is 16.1 Å². The Balaban J connectivity index is 1.52. The van der Waals surface area contributed by atoms with Crippen LogP contribution in [0.15, 0.2) is 83.5 Å². The Morgan fingerprint density at radius 3 is 2.62 bits per heavy atom. The summed E-state index contributed by atoms with van der Waals surface area (Å²) in [6.07, 6.45) is 1.67. The van der Waals surface area contributed by atoms with Gasteiger partial charge in [0.2, 0.25) is 5.90 Å². The van der Waals surface area contributed by atoms with E-state index in [4.69, 9.17) is 9.47 Å². The van der Waals surface area contributed by atoms with E-state index in [0.717, 1.165) is 22.3 Å². The van der Waals surface area contributed by atoms with E-state index in [1.165, 1.54) is 12.1 Å². The van der Waals surface area contributed by atoms with Crippen molar-refractivity contribution >= 4 is 17.9 Å². The summed E-state index contributed by atoms with van der Waals surface area (Å²) in [6.45, 7) is 2.26. The average molecular weight is 387 g/mol. The highest BCUT2D eigenvalue weighted by molar-refractivity contribution is 6.13. The van der Waals surface area contributed by atoms with Crippen molar-refractivity contribution in [2.45, 2.75) is 13.5 Å². The minimum Gasteiger partial charge on any atom is -0.489 e. The zero-order valence-corrected chi connectivity index (χ0v) is 15.8. The molecule has 29 heavy (non-hydrogen) atoms. The van der Waals surface area contributed by atoms with Crippen molar-refractivity contribution in [2.75, 3.05) is 0 Å². The molecule has 0 atom stereocenters. The zero-order valence-electron chi connectivity index (χ0n) is 15.8. The van der Waals surface area contributed by atoms with Crippen molar-refractivity contribution < 1.29 is 18.7 Å². The van der Waals surface area contributed by atoms with Gasteiger partial charge >= 0.3 is 5.97 Å². The molecule has 144 valence electrons. The monoisotopic (exact) mass is 387 g/mol. The molecule has 1 heterocycles. The highest BCUT2D eigenvalue weighted by Crippen LogP contribution is 2.23. The number of carbonyl (C=O) groups is 1. The molecule has 0 saturated heterocycles. The van der Waals surface area contributed by atoms with Gasteiger partial charge in [-0.25, -0.2) is 14.2 Å². The van der Waals surface area contributed by atoms with Gasteiger partial charge < -0.3 is 9.47 Å². The van der Waals surface area contributed by atoms with Crippen LogP contribution in [0.2, 0.25) is 0 Å². The van der Waals surface area contributed by atoms with E-state index >= 15 is 0 Å². The number of nitrogens with zero attached hydrogens (tertiary/aromatic N) is 1. The number of ether oxygens (including phenoxy) is 2. The summed E-state index contributed by atoms with van der Waals surface area (Å²) in [4.78, 5) is 16.6. The van der Waals surface area contributed by atoms with Crippen molar-refractivity contribution in [1.82, 2.24) is 0 Å². The summed E-state index contributed by atoms with van der Waals surface area (Å²) >= 11 is 0. The number of aliphatic imine (C=N–C) groups is 1. The molecule has 0 amide bonds. The van der Waals surface area contributed by atoms with Crippen LogP contribution in [0.4, 0.5) is 4.39 Å². The molecular formula is C24H18FNO3. The molecule has 3 aromatic carbocycles. The van der Waals surface area contributed by atoms with Gasteiger partial charge in [0.05, 0.1) is 0 Å². The lowest BCUT2D eigenvalue weighted by molar-refractivity contribution is -0.129. The Hall–Kier alpha value is -3.73. The number of halogens is 1. The number of hydrogen-bond acceptors (Lipinski definition) is 4. The van der Waals surface area contributed by atoms with Crippen LogP contribution >= 0.6 is 0 Å². The highest BCUT2D eigenvalue weighted by Gasteiger charge is 2.24. The van der Waals surface area contributed by atoms with Crippen molar-refractivity contribution in [3.05, 3.63) is 107 Å². The fourth-order valence-electron chi connectivity index (χ4n) is 2.94. The van der Waals surface area contributed by atoms with Crippen LogP contribution in [-0.4, -0.2) is 11.9 Å². The van der Waals surface area contributed by atoms with Gasteiger partial charge in [0, 0.05) is 5.56 Å². The number of carbonyl (C=O) groups excluding carboxylic acids is 1. The van der Waals surface area contributed by atoms with E-state index in [0.29, 0.717) is 18.3 Å². The van der Waals surface area contributed by atoms with E-state index in [1.54, 1.807) is 18.2 Å². The molecule has 1 aliphatic heterocycles. The molecule has 0 aromatic heterocycles. The molecule has 1 aliphatic rings. The van der Waals surface area contributed by atoms with Crippen molar-refractivity contribution in [1.29, 1.82) is 0 Å². The van der Waals surface area contributed by atoms with Crippen LogP contribution in [0.1, 0.15) is 22.3 Å². The van der Waals surface area contributed by atoms with E-state index < -0.39 is 5.97 Å². The smallest absolute Gasteiger partial charge is 0.363 e. The molecule has 4 nitrogen and oxygen atoms in total. The lowest BCUT2D eigenvalue weighted by Crippen LogP contribution is -2.06. The molecule has 0 N–H and O–H groups in total. The molecule has 0 radical (unpaired) electrons. The third kappa shape index (κ3) is 4.41. The second kappa shape index (κ2) is 8.10. The minimum atomic E-state index is -0.485. The van der Waals surface area contributed by atoms with E-state index in [-0.39, 0.29) is 11.5 Å². The Bertz CT molecular complexity index is 1120. The largest absolute Gasteiger partial charge is 0.489 e. The first kappa shape index (κ1) is 18.6. The van der Waals surface area contributed by atoms with Gasteiger partial charge in [-0.1, -0.05) is 42.5 Å². The predicted molar refractivity (Wildman–Crippen MR) is 109 cm³/mol. The maximum atomic E-state index is 13.0. The zero-order chi connectivity index (χ0) is 20.2. The second-order valence-electron chi connectivity index (χ2n) is 6.64. The van der Waals surface area contributed by atoms with Crippen LogP contribution < -0.4 is 4.74 Å². The van der Waals surface area contributed by atoms with Crippen LogP contribution in [0.3, 0.4) is 0 Å². The molecule has 0 spiro atoms. The first-order chi connectivity index (χ1) is 14.1. The fourth-order valence-corrected chi connectivity index (χ4v) is 2.94. The van der Waals surface area contributed by atoms with Gasteiger partial charge in [0.25, 0.3) is 0 Å². The van der Waals surface area contributed by atoms with Crippen LogP contribution in [0, 0.1) is 12.7 Å². The number of aryl methyl sites for hydroxylation is 1. The average Bonchev–Trinajstić information content (AvgIpc) is 3.08. The van der Waals surface area contributed by atoms with Gasteiger partial charge in [-0.3, -0.25) is 0 Å². The number of hydrogen-bond donors (Lipinski definition) is 0. The number of rotatable bonds is 5. The van der Waals surface area contributed by atoms with Crippen molar-refractivity contribution in [2.24, 2.45) is 4.99 Å². The van der Waals surface area contributed by atoms with Crippen LogP contribution in [0.5, 0.6) is 5.75 Å². The topological polar surface area (TPSA) is 47.9 Å². The highest BCUT2D eigenvalue weighted by atomic mass is 19.1. The van der Waals surface area contributed by atoms with Gasteiger partial charge in [0.1, 0.15) is 18.2 Å². The fraction of sp³-hybridized carbons (Fsp3) is 0.0833. The summed E-state index contributed by atoms with van der Waals surface area (Å²) in [5.41, 5.74) is 3.64. The number of cyclic esters (lactones) is 1. The van der Waals surface area contributed by atoms with Crippen molar-refractivity contribution in [3.8, 4) is 5.75 Å². The molecule has 5 heteroatoms. The summed E-state index contributed by atoms with van der Waals surface area (Å²) < 4.78 is 24.1. The summed E-state index contributed by atoms with van der Waals surface area (Å²) in [6, 6.07) is 21.1. The third-order valence-electron chi connectivity index (χ3n) is 4.48. The SMILES string of the molecule is Cc1ccccc1C1=N/C(=C/c2cccc(OCc3ccc(F)cc3)c2)C(=O)O1. The van der Waals surface area contributed by atoms with Crippen molar-refractivity contribution in [3.63, 3.8) is 0 Å².